The molecule has 1 aliphatic rings. The first-order chi connectivity index (χ1) is 16.3. The minimum atomic E-state index is -0.178. The number of pyridine rings is 1. The lowest BCUT2D eigenvalue weighted by Gasteiger charge is -2.20. The fourth-order valence-corrected chi connectivity index (χ4v) is 4.49. The molecule has 1 aliphatic heterocycles. The second-order valence-corrected chi connectivity index (χ2v) is 9.98. The summed E-state index contributed by atoms with van der Waals surface area (Å²) in [5, 5.41) is 7.59. The minimum absolute atomic E-state index is 0.158. The summed E-state index contributed by atoms with van der Waals surface area (Å²) in [5.41, 5.74) is 5.23. The topological polar surface area (TPSA) is 89.7 Å². The van der Waals surface area contributed by atoms with Crippen LogP contribution >= 0.6 is 11.6 Å². The second-order valence-electron chi connectivity index (χ2n) is 9.57. The Morgan fingerprint density at radius 2 is 1.97 bits per heavy atom. The number of nitrogens with zero attached hydrogens (tertiary/aromatic N) is 5. The van der Waals surface area contributed by atoms with Crippen molar-refractivity contribution in [1.82, 2.24) is 29.6 Å². The monoisotopic (exact) mass is 477 g/mol. The predicted molar refractivity (Wildman–Crippen MR) is 135 cm³/mol. The molecule has 0 atom stereocenters. The van der Waals surface area contributed by atoms with Crippen LogP contribution in [0, 0.1) is 0 Å². The van der Waals surface area contributed by atoms with Gasteiger partial charge >= 0.3 is 0 Å². The van der Waals surface area contributed by atoms with Gasteiger partial charge in [-0.25, -0.2) is 14.3 Å². The smallest absolute Gasteiger partial charge is 0.278 e. The summed E-state index contributed by atoms with van der Waals surface area (Å²) >= 11 is 6.59. The molecule has 0 saturated carbocycles. The van der Waals surface area contributed by atoms with E-state index in [4.69, 9.17) is 16.6 Å². The third-order valence-corrected chi connectivity index (χ3v) is 6.45. The van der Waals surface area contributed by atoms with Gasteiger partial charge in [-0.15, -0.1) is 0 Å². The maximum Gasteiger partial charge on any atom is 0.278 e. The van der Waals surface area contributed by atoms with Crippen LogP contribution in [0.2, 0.25) is 5.02 Å². The van der Waals surface area contributed by atoms with E-state index in [1.165, 1.54) is 11.1 Å². The number of anilines is 2. The van der Waals surface area contributed by atoms with E-state index < -0.39 is 0 Å². The molecule has 3 aromatic heterocycles. The third kappa shape index (κ3) is 3.97. The molecule has 0 amide bonds. The molecule has 9 heteroatoms. The van der Waals surface area contributed by atoms with Gasteiger partial charge in [0.15, 0.2) is 5.65 Å². The molecule has 4 aromatic rings. The Kier molecular flexibility index (Phi) is 5.65. The number of rotatable bonds is 4. The predicted octanol–water partition coefficient (Wildman–Crippen LogP) is 4.34. The van der Waals surface area contributed by atoms with Crippen LogP contribution in [0.25, 0.3) is 16.7 Å². The SMILES string of the molecule is CCn1c(=O)c2cnc(Nc3ccc4c(c3)CNCC4)nc2n1-c1cc(C(C)(C)C)ncc1Cl. The highest BCUT2D eigenvalue weighted by Crippen LogP contribution is 2.29. The Hall–Kier alpha value is -3.23. The number of hydrogen-bond acceptors (Lipinski definition) is 6. The van der Waals surface area contributed by atoms with Gasteiger partial charge in [0.1, 0.15) is 5.39 Å². The standard InChI is InChI=1S/C25H28ClN7O/c1-5-32-23(34)18-13-29-24(30-17-7-6-15-8-9-27-12-16(15)10-17)31-22(18)33(32)20-11-21(25(2,3)4)28-14-19(20)26/h6-7,10-11,13-14,27H,5,8-9,12H2,1-4H3,(H,29,30,31). The largest absolute Gasteiger partial charge is 0.324 e. The van der Waals surface area contributed by atoms with Crippen molar-refractivity contribution in [3.8, 4) is 5.69 Å². The number of benzene rings is 1. The molecule has 34 heavy (non-hydrogen) atoms. The molecule has 0 bridgehead atoms. The quantitative estimate of drug-likeness (QED) is 0.454. The molecule has 1 aromatic carbocycles. The maximum atomic E-state index is 13.2. The molecule has 5 rings (SSSR count). The van der Waals surface area contributed by atoms with Crippen LogP contribution in [-0.4, -0.2) is 30.9 Å². The molecule has 176 valence electrons. The number of nitrogens with one attached hydrogen (secondary N) is 2. The summed E-state index contributed by atoms with van der Waals surface area (Å²) in [6, 6.07) is 8.23. The Morgan fingerprint density at radius 3 is 2.74 bits per heavy atom. The molecular formula is C25H28ClN7O. The number of halogens is 1. The lowest BCUT2D eigenvalue weighted by atomic mass is 9.91. The molecule has 0 fully saturated rings. The zero-order valence-corrected chi connectivity index (χ0v) is 20.6. The van der Waals surface area contributed by atoms with Crippen LogP contribution in [0.5, 0.6) is 0 Å². The molecule has 4 heterocycles. The van der Waals surface area contributed by atoms with E-state index >= 15 is 0 Å². The normalized spacial score (nSPS) is 13.8. The van der Waals surface area contributed by atoms with Gasteiger partial charge in [0.2, 0.25) is 5.95 Å². The minimum Gasteiger partial charge on any atom is -0.324 e. The van der Waals surface area contributed by atoms with Gasteiger partial charge in [0, 0.05) is 42.3 Å². The first-order valence-electron chi connectivity index (χ1n) is 11.5. The number of hydrogen-bond donors (Lipinski definition) is 2. The van der Waals surface area contributed by atoms with Crippen LogP contribution < -0.4 is 16.2 Å². The summed E-state index contributed by atoms with van der Waals surface area (Å²) in [6.07, 6.45) is 4.24. The van der Waals surface area contributed by atoms with Crippen molar-refractivity contribution in [2.24, 2.45) is 0 Å². The fraction of sp³-hybridized carbons (Fsp3) is 0.360. The summed E-state index contributed by atoms with van der Waals surface area (Å²) < 4.78 is 3.40. The summed E-state index contributed by atoms with van der Waals surface area (Å²) in [5.74, 6) is 0.416. The summed E-state index contributed by atoms with van der Waals surface area (Å²) in [6.45, 7) is 10.5. The Morgan fingerprint density at radius 1 is 1.15 bits per heavy atom. The molecule has 0 unspecified atom stereocenters. The Bertz CT molecular complexity index is 1450. The molecule has 2 N–H and O–H groups in total. The molecule has 0 aliphatic carbocycles. The van der Waals surface area contributed by atoms with Crippen molar-refractivity contribution in [3.63, 3.8) is 0 Å². The number of aromatic nitrogens is 5. The average molecular weight is 478 g/mol. The van der Waals surface area contributed by atoms with E-state index in [1.54, 1.807) is 21.8 Å². The first-order valence-corrected chi connectivity index (χ1v) is 11.9. The van der Waals surface area contributed by atoms with Crippen molar-refractivity contribution in [3.05, 3.63) is 68.9 Å². The fourth-order valence-electron chi connectivity index (χ4n) is 4.31. The van der Waals surface area contributed by atoms with Crippen LogP contribution in [-0.2, 0) is 24.9 Å². The zero-order valence-electron chi connectivity index (χ0n) is 19.8. The van der Waals surface area contributed by atoms with Gasteiger partial charge in [-0.3, -0.25) is 9.78 Å². The molecule has 8 nitrogen and oxygen atoms in total. The summed E-state index contributed by atoms with van der Waals surface area (Å²) in [7, 11) is 0. The van der Waals surface area contributed by atoms with E-state index in [9.17, 15) is 4.79 Å². The highest BCUT2D eigenvalue weighted by Gasteiger charge is 2.22. The van der Waals surface area contributed by atoms with Crippen molar-refractivity contribution in [1.29, 1.82) is 0 Å². The summed E-state index contributed by atoms with van der Waals surface area (Å²) in [4.78, 5) is 26.8. The molecule has 0 radical (unpaired) electrons. The van der Waals surface area contributed by atoms with E-state index in [0.29, 0.717) is 34.2 Å². The second kappa shape index (κ2) is 8.52. The number of fused-ring (bicyclic) bond motifs is 2. The highest BCUT2D eigenvalue weighted by atomic mass is 35.5. The van der Waals surface area contributed by atoms with Gasteiger partial charge in [-0.1, -0.05) is 38.4 Å². The van der Waals surface area contributed by atoms with Crippen LogP contribution in [0.4, 0.5) is 11.6 Å². The van der Waals surface area contributed by atoms with Crippen molar-refractivity contribution < 1.29 is 0 Å². The van der Waals surface area contributed by atoms with Crippen LogP contribution in [0.15, 0.2) is 41.5 Å². The lowest BCUT2D eigenvalue weighted by Crippen LogP contribution is -2.23. The van der Waals surface area contributed by atoms with E-state index in [-0.39, 0.29) is 11.0 Å². The Balaban J connectivity index is 1.63. The average Bonchev–Trinajstić information content (AvgIpc) is 3.09. The van der Waals surface area contributed by atoms with Crippen LogP contribution in [0.3, 0.4) is 0 Å². The van der Waals surface area contributed by atoms with Crippen molar-refractivity contribution >= 4 is 34.3 Å². The van der Waals surface area contributed by atoms with E-state index in [0.717, 1.165) is 30.9 Å². The third-order valence-electron chi connectivity index (χ3n) is 6.16. The van der Waals surface area contributed by atoms with Crippen LogP contribution in [0.1, 0.15) is 44.5 Å². The maximum absolute atomic E-state index is 13.2. The van der Waals surface area contributed by atoms with Gasteiger partial charge in [-0.2, -0.15) is 4.98 Å². The van der Waals surface area contributed by atoms with E-state index in [2.05, 4.69) is 53.5 Å². The highest BCUT2D eigenvalue weighted by molar-refractivity contribution is 6.32. The van der Waals surface area contributed by atoms with Gasteiger partial charge in [0.05, 0.1) is 10.7 Å². The Labute approximate surface area is 203 Å². The van der Waals surface area contributed by atoms with E-state index in [1.807, 2.05) is 19.1 Å². The molecule has 0 spiro atoms. The van der Waals surface area contributed by atoms with Gasteiger partial charge < -0.3 is 10.6 Å². The first kappa shape index (κ1) is 22.6. The van der Waals surface area contributed by atoms with Crippen molar-refractivity contribution in [2.45, 2.75) is 52.6 Å². The zero-order chi connectivity index (χ0) is 24.0. The lowest BCUT2D eigenvalue weighted by molar-refractivity contribution is 0.557. The molecule has 0 saturated heterocycles. The van der Waals surface area contributed by atoms with Crippen molar-refractivity contribution in [2.75, 3.05) is 11.9 Å². The molecular weight excluding hydrogens is 450 g/mol. The van der Waals surface area contributed by atoms with Gasteiger partial charge in [-0.05, 0) is 49.2 Å². The van der Waals surface area contributed by atoms with Gasteiger partial charge in [0.25, 0.3) is 5.56 Å².